The van der Waals surface area contributed by atoms with E-state index in [0.717, 1.165) is 33.8 Å². The van der Waals surface area contributed by atoms with Gasteiger partial charge < -0.3 is 20.3 Å². The molecule has 0 bridgehead atoms. The van der Waals surface area contributed by atoms with Gasteiger partial charge in [-0.25, -0.2) is 9.48 Å². The maximum absolute atomic E-state index is 13.2. The zero-order chi connectivity index (χ0) is 26.5. The molecule has 0 aliphatic heterocycles. The molecule has 3 amide bonds. The number of amides is 3. The number of carbonyl (C=O) groups excluding carboxylic acids is 2. The van der Waals surface area contributed by atoms with E-state index < -0.39 is 0 Å². The predicted octanol–water partition coefficient (Wildman–Crippen LogP) is 5.21. The van der Waals surface area contributed by atoms with E-state index in [-0.39, 0.29) is 30.4 Å². The number of ether oxygens (including phenoxy) is 1. The van der Waals surface area contributed by atoms with Gasteiger partial charge in [-0.2, -0.15) is 5.10 Å². The van der Waals surface area contributed by atoms with Crippen molar-refractivity contribution in [1.82, 2.24) is 14.7 Å². The molecule has 0 fully saturated rings. The second-order valence-corrected chi connectivity index (χ2v) is 10.1. The molecular formula is C28H37N5O3. The van der Waals surface area contributed by atoms with Crippen LogP contribution in [0.25, 0.3) is 5.69 Å². The first-order valence-corrected chi connectivity index (χ1v) is 12.1. The van der Waals surface area contributed by atoms with Crippen molar-refractivity contribution < 1.29 is 14.3 Å². The van der Waals surface area contributed by atoms with Gasteiger partial charge in [-0.05, 0) is 44.0 Å². The first-order chi connectivity index (χ1) is 17.0. The summed E-state index contributed by atoms with van der Waals surface area (Å²) >= 11 is 0. The second-order valence-electron chi connectivity index (χ2n) is 10.1. The molecule has 2 N–H and O–H groups in total. The number of nitrogens with one attached hydrogen (secondary N) is 2. The summed E-state index contributed by atoms with van der Waals surface area (Å²) in [7, 11) is 1.57. The predicted molar refractivity (Wildman–Crippen MR) is 144 cm³/mol. The Hall–Kier alpha value is -3.65. The van der Waals surface area contributed by atoms with Gasteiger partial charge in [-0.15, -0.1) is 0 Å². The van der Waals surface area contributed by atoms with E-state index in [2.05, 4.69) is 31.4 Å². The first-order valence-electron chi connectivity index (χ1n) is 12.1. The van der Waals surface area contributed by atoms with Crippen LogP contribution in [0.1, 0.15) is 43.2 Å². The largest absolute Gasteiger partial charge is 0.383 e. The van der Waals surface area contributed by atoms with Crippen molar-refractivity contribution in [2.75, 3.05) is 37.4 Å². The van der Waals surface area contributed by atoms with Crippen LogP contribution in [0.15, 0.2) is 48.5 Å². The van der Waals surface area contributed by atoms with E-state index in [1.165, 1.54) is 4.90 Å². The van der Waals surface area contributed by atoms with Crippen LogP contribution in [0.5, 0.6) is 0 Å². The van der Waals surface area contributed by atoms with Gasteiger partial charge in [-0.1, -0.05) is 56.7 Å². The van der Waals surface area contributed by atoms with Gasteiger partial charge >= 0.3 is 6.03 Å². The van der Waals surface area contributed by atoms with Crippen LogP contribution < -0.4 is 10.6 Å². The summed E-state index contributed by atoms with van der Waals surface area (Å²) in [5, 5.41) is 10.7. The van der Waals surface area contributed by atoms with Crippen molar-refractivity contribution >= 4 is 23.4 Å². The lowest BCUT2D eigenvalue weighted by molar-refractivity contribution is -0.116. The SMILES string of the molecule is COCCN(CC(=O)Nc1cc(C(C)(C)C)nn1-c1ccc(C)cc1)C(=O)Nc1c(C)cccc1C. The molecule has 0 atom stereocenters. The summed E-state index contributed by atoms with van der Waals surface area (Å²) in [6.07, 6.45) is 0. The average molecular weight is 492 g/mol. The Bertz CT molecular complexity index is 1190. The highest BCUT2D eigenvalue weighted by atomic mass is 16.5. The summed E-state index contributed by atoms with van der Waals surface area (Å²) in [4.78, 5) is 27.7. The number of aromatic nitrogens is 2. The first kappa shape index (κ1) is 26.9. The molecule has 0 unspecified atom stereocenters. The molecule has 1 aromatic heterocycles. The zero-order valence-electron chi connectivity index (χ0n) is 22.3. The van der Waals surface area contributed by atoms with Crippen LogP contribution in [-0.2, 0) is 14.9 Å². The molecule has 8 heteroatoms. The van der Waals surface area contributed by atoms with E-state index in [9.17, 15) is 9.59 Å². The quantitative estimate of drug-likeness (QED) is 0.453. The lowest BCUT2D eigenvalue weighted by Gasteiger charge is -2.23. The number of anilines is 2. The molecule has 0 aliphatic rings. The number of hydrogen-bond donors (Lipinski definition) is 2. The smallest absolute Gasteiger partial charge is 0.322 e. The third-order valence-corrected chi connectivity index (χ3v) is 5.92. The number of hydrogen-bond acceptors (Lipinski definition) is 4. The van der Waals surface area contributed by atoms with Gasteiger partial charge in [0, 0.05) is 30.8 Å². The molecule has 0 aliphatic carbocycles. The number of methoxy groups -OCH3 is 1. The highest BCUT2D eigenvalue weighted by molar-refractivity contribution is 5.97. The minimum Gasteiger partial charge on any atom is -0.383 e. The van der Waals surface area contributed by atoms with Gasteiger partial charge in [0.25, 0.3) is 0 Å². The van der Waals surface area contributed by atoms with Gasteiger partial charge in [0.15, 0.2) is 0 Å². The highest BCUT2D eigenvalue weighted by Crippen LogP contribution is 2.26. The van der Waals surface area contributed by atoms with Crippen LogP contribution in [-0.4, -0.2) is 53.4 Å². The fourth-order valence-electron chi connectivity index (χ4n) is 3.73. The molecule has 36 heavy (non-hydrogen) atoms. The number of para-hydroxylation sites is 1. The number of nitrogens with zero attached hydrogens (tertiary/aromatic N) is 3. The topological polar surface area (TPSA) is 88.5 Å². The van der Waals surface area contributed by atoms with E-state index in [4.69, 9.17) is 9.84 Å². The van der Waals surface area contributed by atoms with Crippen LogP contribution in [0.3, 0.4) is 0 Å². The second kappa shape index (κ2) is 11.4. The molecule has 2 aromatic carbocycles. The van der Waals surface area contributed by atoms with Crippen LogP contribution in [0, 0.1) is 20.8 Å². The molecule has 192 valence electrons. The molecule has 8 nitrogen and oxygen atoms in total. The van der Waals surface area contributed by atoms with Crippen molar-refractivity contribution in [2.45, 2.75) is 47.0 Å². The van der Waals surface area contributed by atoms with E-state index in [1.807, 2.05) is 69.3 Å². The maximum Gasteiger partial charge on any atom is 0.322 e. The Labute approximate surface area is 213 Å². The van der Waals surface area contributed by atoms with Crippen molar-refractivity contribution in [2.24, 2.45) is 0 Å². The summed E-state index contributed by atoms with van der Waals surface area (Å²) in [6.45, 7) is 12.6. The zero-order valence-corrected chi connectivity index (χ0v) is 22.3. The van der Waals surface area contributed by atoms with Crippen LogP contribution in [0.4, 0.5) is 16.3 Å². The maximum atomic E-state index is 13.2. The lowest BCUT2D eigenvalue weighted by Crippen LogP contribution is -2.42. The molecule has 0 saturated heterocycles. The fourth-order valence-corrected chi connectivity index (χ4v) is 3.73. The summed E-state index contributed by atoms with van der Waals surface area (Å²) in [5.74, 6) is 0.229. The van der Waals surface area contributed by atoms with Gasteiger partial charge in [0.05, 0.1) is 18.0 Å². The van der Waals surface area contributed by atoms with Crippen LogP contribution >= 0.6 is 0 Å². The number of aryl methyl sites for hydroxylation is 3. The molecule has 1 heterocycles. The standard InChI is InChI=1S/C28H37N5O3/c1-19-11-13-22(14-12-19)33-24(17-23(31-33)28(4,5)6)29-25(34)18-32(15-16-36-7)27(35)30-26-20(2)9-8-10-21(26)3/h8-14,17H,15-16,18H2,1-7H3,(H,29,34)(H,30,35). The average Bonchev–Trinajstić information content (AvgIpc) is 3.23. The Morgan fingerprint density at radius 1 is 1.00 bits per heavy atom. The number of rotatable bonds is 8. The van der Waals surface area contributed by atoms with Crippen molar-refractivity contribution in [1.29, 1.82) is 0 Å². The van der Waals surface area contributed by atoms with Crippen molar-refractivity contribution in [3.8, 4) is 5.69 Å². The Kier molecular flexibility index (Phi) is 8.53. The number of carbonyl (C=O) groups is 2. The van der Waals surface area contributed by atoms with Crippen molar-refractivity contribution in [3.05, 3.63) is 70.9 Å². The highest BCUT2D eigenvalue weighted by Gasteiger charge is 2.23. The molecule has 0 spiro atoms. The monoisotopic (exact) mass is 491 g/mol. The van der Waals surface area contributed by atoms with Crippen LogP contribution in [0.2, 0.25) is 0 Å². The van der Waals surface area contributed by atoms with E-state index in [0.29, 0.717) is 12.4 Å². The summed E-state index contributed by atoms with van der Waals surface area (Å²) in [6, 6.07) is 15.3. The number of urea groups is 1. The van der Waals surface area contributed by atoms with Gasteiger partial charge in [-0.3, -0.25) is 4.79 Å². The lowest BCUT2D eigenvalue weighted by atomic mass is 9.92. The molecule has 3 rings (SSSR count). The summed E-state index contributed by atoms with van der Waals surface area (Å²) < 4.78 is 6.91. The third kappa shape index (κ3) is 6.73. The van der Waals surface area contributed by atoms with Gasteiger partial charge in [0.1, 0.15) is 12.4 Å². The third-order valence-electron chi connectivity index (χ3n) is 5.92. The molecule has 3 aromatic rings. The fraction of sp³-hybridized carbons (Fsp3) is 0.393. The molecule has 0 radical (unpaired) electrons. The Morgan fingerprint density at radius 3 is 2.22 bits per heavy atom. The normalized spacial score (nSPS) is 11.3. The minimum atomic E-state index is -0.359. The Balaban J connectivity index is 1.82. The van der Waals surface area contributed by atoms with Gasteiger partial charge in [0.2, 0.25) is 5.91 Å². The minimum absolute atomic E-state index is 0.135. The van der Waals surface area contributed by atoms with E-state index in [1.54, 1.807) is 11.8 Å². The summed E-state index contributed by atoms with van der Waals surface area (Å²) in [5.41, 5.74) is 5.28. The Morgan fingerprint density at radius 2 is 1.64 bits per heavy atom. The molecular weight excluding hydrogens is 454 g/mol. The number of benzene rings is 2. The van der Waals surface area contributed by atoms with E-state index >= 15 is 0 Å². The van der Waals surface area contributed by atoms with Crippen molar-refractivity contribution in [3.63, 3.8) is 0 Å². The molecule has 0 saturated carbocycles.